The number of hydrogen-bond donors (Lipinski definition) is 1. The second-order valence-electron chi connectivity index (χ2n) is 6.84. The molecule has 0 spiro atoms. The van der Waals surface area contributed by atoms with E-state index in [2.05, 4.69) is 4.18 Å². The Morgan fingerprint density at radius 3 is 1.34 bits per heavy atom. The van der Waals surface area contributed by atoms with Crippen LogP contribution in [0.5, 0.6) is 11.5 Å². The lowest BCUT2D eigenvalue weighted by Crippen LogP contribution is -2.75. The Bertz CT molecular complexity index is 1170. The summed E-state index contributed by atoms with van der Waals surface area (Å²) in [6.45, 7) is 0. The second kappa shape index (κ2) is 8.89. The van der Waals surface area contributed by atoms with Crippen molar-refractivity contribution in [2.45, 2.75) is 47.0 Å². The number of benzene rings is 1. The van der Waals surface area contributed by atoms with Gasteiger partial charge in [0.2, 0.25) is 0 Å². The third-order valence-electron chi connectivity index (χ3n) is 4.33. The van der Waals surface area contributed by atoms with Crippen molar-refractivity contribution in [3.8, 4) is 11.5 Å². The summed E-state index contributed by atoms with van der Waals surface area (Å²) in [7, 11) is -7.89. The van der Waals surface area contributed by atoms with Crippen molar-refractivity contribution in [1.82, 2.24) is 0 Å². The number of phenolic OH excluding ortho intramolecular Hbond substituents is 1. The van der Waals surface area contributed by atoms with Gasteiger partial charge in [0.25, 0.3) is 0 Å². The lowest BCUT2D eigenvalue weighted by molar-refractivity contribution is -0.458. The number of carbonyl (C=O) groups excluding carboxylic acids is 1. The third-order valence-corrected chi connectivity index (χ3v) is 5.61. The van der Waals surface area contributed by atoms with Gasteiger partial charge in [0, 0.05) is 5.56 Å². The molecule has 0 amide bonds. The molecule has 0 unspecified atom stereocenters. The standard InChI is InChI=1S/C15H5F17O5S/c16-8(17,10(20,21)12(24,25)14(28,29)30)9(18,19)11(22,23)13(26,27)15(31,32)38(35,36)37-7-2-1-5(4-33)3-6(7)34/h1-4,34H. The van der Waals surface area contributed by atoms with Crippen LogP contribution in [0.1, 0.15) is 10.4 Å². The van der Waals surface area contributed by atoms with Gasteiger partial charge in [-0.15, -0.1) is 0 Å². The number of aldehydes is 1. The number of halogens is 17. The zero-order chi connectivity index (χ0) is 30.8. The maximum absolute atomic E-state index is 13.9. The first kappa shape index (κ1) is 33.3. The lowest BCUT2D eigenvalue weighted by Gasteiger charge is -2.42. The largest absolute Gasteiger partial charge is 0.504 e. The van der Waals surface area contributed by atoms with Crippen LogP contribution in [0.2, 0.25) is 0 Å². The van der Waals surface area contributed by atoms with E-state index in [0.29, 0.717) is 6.07 Å². The summed E-state index contributed by atoms with van der Waals surface area (Å²) in [6.07, 6.45) is -8.06. The topological polar surface area (TPSA) is 80.7 Å². The molecule has 1 aromatic rings. The molecule has 0 aliphatic carbocycles. The van der Waals surface area contributed by atoms with Crippen LogP contribution in [0.25, 0.3) is 0 Å². The maximum Gasteiger partial charge on any atom is 0.460 e. The SMILES string of the molecule is O=Cc1ccc(OS(=O)(=O)C(F)(F)C(F)(F)C(F)(F)C(F)(F)C(F)(F)C(F)(F)C(F)(F)C(F)(F)F)c(O)c1. The highest BCUT2D eigenvalue weighted by Gasteiger charge is 2.96. The summed E-state index contributed by atoms with van der Waals surface area (Å²) < 4.78 is 251. The highest BCUT2D eigenvalue weighted by Crippen LogP contribution is 2.64. The zero-order valence-electron chi connectivity index (χ0n) is 16.7. The van der Waals surface area contributed by atoms with Crippen molar-refractivity contribution in [2.75, 3.05) is 0 Å². The minimum Gasteiger partial charge on any atom is -0.504 e. The van der Waals surface area contributed by atoms with Crippen molar-refractivity contribution in [3.05, 3.63) is 23.8 Å². The first-order chi connectivity index (χ1) is 16.4. The number of phenols is 1. The van der Waals surface area contributed by atoms with E-state index in [1.165, 1.54) is 0 Å². The molecule has 0 heterocycles. The van der Waals surface area contributed by atoms with Crippen LogP contribution in [0.15, 0.2) is 18.2 Å². The number of hydrogen-bond acceptors (Lipinski definition) is 5. The Morgan fingerprint density at radius 1 is 0.632 bits per heavy atom. The molecule has 0 aliphatic heterocycles. The molecule has 220 valence electrons. The summed E-state index contributed by atoms with van der Waals surface area (Å²) in [5.74, 6) is -56.1. The van der Waals surface area contributed by atoms with E-state index >= 15 is 0 Å². The van der Waals surface area contributed by atoms with Gasteiger partial charge in [-0.1, -0.05) is 0 Å². The highest BCUT2D eigenvalue weighted by molar-refractivity contribution is 7.88. The molecular formula is C15H5F17O5S. The van der Waals surface area contributed by atoms with Crippen LogP contribution in [0, 0.1) is 0 Å². The molecule has 1 N–H and O–H groups in total. The molecule has 0 atom stereocenters. The maximum atomic E-state index is 13.9. The lowest BCUT2D eigenvalue weighted by atomic mass is 9.91. The van der Waals surface area contributed by atoms with Gasteiger partial charge in [-0.2, -0.15) is 83.1 Å². The highest BCUT2D eigenvalue weighted by atomic mass is 32.2. The van der Waals surface area contributed by atoms with Gasteiger partial charge in [0.15, 0.2) is 11.5 Å². The molecule has 0 radical (unpaired) electrons. The fourth-order valence-corrected chi connectivity index (χ4v) is 3.08. The van der Waals surface area contributed by atoms with E-state index < -0.39 is 74.1 Å². The van der Waals surface area contributed by atoms with Crippen molar-refractivity contribution < 1.29 is 97.1 Å². The van der Waals surface area contributed by atoms with E-state index in [4.69, 9.17) is 0 Å². The van der Waals surface area contributed by atoms with Crippen LogP contribution in [-0.4, -0.2) is 66.8 Å². The third kappa shape index (κ3) is 4.34. The Balaban J connectivity index is 3.71. The summed E-state index contributed by atoms with van der Waals surface area (Å²) >= 11 is 0. The van der Waals surface area contributed by atoms with Gasteiger partial charge in [-0.05, 0) is 18.2 Å². The quantitative estimate of drug-likeness (QED) is 0.201. The predicted octanol–water partition coefficient (Wildman–Crippen LogP) is 5.88. The first-order valence-corrected chi connectivity index (χ1v) is 9.77. The monoisotopic (exact) mass is 620 g/mol. The fraction of sp³-hybridized carbons (Fsp3) is 0.533. The van der Waals surface area contributed by atoms with Crippen molar-refractivity contribution in [3.63, 3.8) is 0 Å². The molecule has 0 saturated heterocycles. The van der Waals surface area contributed by atoms with E-state index in [0.717, 1.165) is 0 Å². The molecule has 1 aromatic carbocycles. The molecule has 1 rings (SSSR count). The van der Waals surface area contributed by atoms with E-state index in [1.807, 2.05) is 0 Å². The second-order valence-corrected chi connectivity index (χ2v) is 8.43. The first-order valence-electron chi connectivity index (χ1n) is 8.36. The van der Waals surface area contributed by atoms with Crippen LogP contribution in [-0.2, 0) is 10.1 Å². The summed E-state index contributed by atoms with van der Waals surface area (Å²) in [5, 5.41) is 1.39. The van der Waals surface area contributed by atoms with Gasteiger partial charge in [-0.25, -0.2) is 0 Å². The smallest absolute Gasteiger partial charge is 0.460 e. The number of rotatable bonds is 10. The number of carbonyl (C=O) groups is 1. The van der Waals surface area contributed by atoms with Crippen molar-refractivity contribution >= 4 is 16.4 Å². The van der Waals surface area contributed by atoms with Crippen LogP contribution >= 0.6 is 0 Å². The van der Waals surface area contributed by atoms with Crippen molar-refractivity contribution in [2.24, 2.45) is 0 Å². The van der Waals surface area contributed by atoms with Gasteiger partial charge in [0.05, 0.1) is 0 Å². The molecule has 0 saturated carbocycles. The average Bonchev–Trinajstić information content (AvgIpc) is 2.73. The van der Waals surface area contributed by atoms with Gasteiger partial charge < -0.3 is 9.29 Å². The predicted molar refractivity (Wildman–Crippen MR) is 83.7 cm³/mol. The average molecular weight is 620 g/mol. The van der Waals surface area contributed by atoms with Crippen LogP contribution < -0.4 is 4.18 Å². The van der Waals surface area contributed by atoms with Gasteiger partial charge in [0.1, 0.15) is 6.29 Å². The molecule has 0 bridgehead atoms. The summed E-state index contributed by atoms with van der Waals surface area (Å²) in [6, 6.07) is 0.520. The Hall–Kier alpha value is -2.75. The van der Waals surface area contributed by atoms with E-state index in [9.17, 15) is 93.0 Å². The van der Waals surface area contributed by atoms with Crippen LogP contribution in [0.3, 0.4) is 0 Å². The van der Waals surface area contributed by atoms with E-state index in [-0.39, 0.29) is 18.4 Å². The zero-order valence-corrected chi connectivity index (χ0v) is 17.5. The normalized spacial score (nSPS) is 15.4. The summed E-state index contributed by atoms with van der Waals surface area (Å²) in [4.78, 5) is 10.5. The number of alkyl halides is 17. The molecular weight excluding hydrogens is 615 g/mol. The minimum absolute atomic E-state index is 0.00842. The molecule has 0 aliphatic rings. The van der Waals surface area contributed by atoms with Gasteiger partial charge in [-0.3, -0.25) is 4.79 Å². The molecule has 5 nitrogen and oxygen atoms in total. The molecule has 38 heavy (non-hydrogen) atoms. The molecule has 0 fully saturated rings. The van der Waals surface area contributed by atoms with E-state index in [1.54, 1.807) is 0 Å². The Morgan fingerprint density at radius 2 is 1.00 bits per heavy atom. The number of aromatic hydroxyl groups is 1. The van der Waals surface area contributed by atoms with Crippen molar-refractivity contribution in [1.29, 1.82) is 0 Å². The summed E-state index contributed by atoms with van der Waals surface area (Å²) in [5.41, 5.74) is -0.616. The minimum atomic E-state index is -8.98. The molecule has 23 heteroatoms. The fourth-order valence-electron chi connectivity index (χ4n) is 2.16. The van der Waals surface area contributed by atoms with Crippen LogP contribution in [0.4, 0.5) is 74.6 Å². The van der Waals surface area contributed by atoms with Gasteiger partial charge >= 0.3 is 57.1 Å². The molecule has 0 aromatic heterocycles. The Labute approximate surface area is 196 Å². The Kier molecular flexibility index (Phi) is 7.79.